The molecule has 1 aromatic heterocycles. The molecule has 0 aliphatic carbocycles. The van der Waals surface area contributed by atoms with Gasteiger partial charge in [0.2, 0.25) is 15.9 Å². The van der Waals surface area contributed by atoms with Crippen molar-refractivity contribution in [2.75, 3.05) is 19.6 Å². The van der Waals surface area contributed by atoms with E-state index in [0.717, 1.165) is 18.1 Å². The van der Waals surface area contributed by atoms with E-state index < -0.39 is 10.0 Å². The van der Waals surface area contributed by atoms with Gasteiger partial charge in [0.1, 0.15) is 15.9 Å². The summed E-state index contributed by atoms with van der Waals surface area (Å²) in [6.45, 7) is 3.17. The van der Waals surface area contributed by atoms with Gasteiger partial charge >= 0.3 is 0 Å². The van der Waals surface area contributed by atoms with Gasteiger partial charge in [0.25, 0.3) is 0 Å². The molecule has 2 aromatic carbocycles. The average molecular weight is 445 g/mol. The Hall–Kier alpha value is -2.36. The molecule has 1 saturated heterocycles. The van der Waals surface area contributed by atoms with E-state index in [9.17, 15) is 13.2 Å². The molecule has 9 heteroatoms. The van der Waals surface area contributed by atoms with E-state index in [1.165, 1.54) is 15.4 Å². The number of aromatic nitrogens is 2. The normalized spacial score (nSPS) is 17.8. The second-order valence-electron chi connectivity index (χ2n) is 7.62. The fourth-order valence-electron chi connectivity index (χ4n) is 3.73. The molecule has 0 unspecified atom stereocenters. The lowest BCUT2D eigenvalue weighted by atomic mass is 9.98. The summed E-state index contributed by atoms with van der Waals surface area (Å²) in [6.07, 6.45) is 2.09. The zero-order chi connectivity index (χ0) is 21.1. The highest BCUT2D eigenvalue weighted by Crippen LogP contribution is 2.28. The predicted octanol–water partition coefficient (Wildman–Crippen LogP) is 2.76. The maximum absolute atomic E-state index is 13.2. The zero-order valence-corrected chi connectivity index (χ0v) is 18.4. The zero-order valence-electron chi connectivity index (χ0n) is 16.7. The summed E-state index contributed by atoms with van der Waals surface area (Å²) >= 11 is 0.996. The van der Waals surface area contributed by atoms with E-state index in [1.807, 2.05) is 6.92 Å². The number of piperidine rings is 1. The van der Waals surface area contributed by atoms with Crippen LogP contribution in [0.5, 0.6) is 0 Å². The summed E-state index contributed by atoms with van der Waals surface area (Å²) in [5.74, 6) is -0.435. The van der Waals surface area contributed by atoms with Crippen molar-refractivity contribution in [3.05, 3.63) is 53.6 Å². The first-order valence-corrected chi connectivity index (χ1v) is 12.2. The molecule has 7 nitrogen and oxygen atoms in total. The standard InChI is InChI=1S/C21H24N4O3S2/c1-15-7-9-16(10-8-15)11-12-22-21(26)17-4-3-13-25(14-17)30(27,28)19-6-2-5-18-20(19)24-29-23-18/h2,5-10,17H,3-4,11-14H2,1H3,(H,22,26)/t17-/m1/s1. The van der Waals surface area contributed by atoms with Crippen molar-refractivity contribution in [3.8, 4) is 0 Å². The van der Waals surface area contributed by atoms with E-state index in [2.05, 4.69) is 38.3 Å². The van der Waals surface area contributed by atoms with Crippen molar-refractivity contribution in [2.24, 2.45) is 5.92 Å². The van der Waals surface area contributed by atoms with Crippen LogP contribution in [0.25, 0.3) is 11.0 Å². The first-order valence-electron chi connectivity index (χ1n) is 10.00. The Labute approximate surface area is 180 Å². The number of hydrogen-bond acceptors (Lipinski definition) is 6. The fraction of sp³-hybridized carbons (Fsp3) is 0.381. The molecule has 1 amide bonds. The van der Waals surface area contributed by atoms with Crippen molar-refractivity contribution in [2.45, 2.75) is 31.1 Å². The minimum atomic E-state index is -3.74. The molecule has 1 aliphatic rings. The molecular formula is C21H24N4O3S2. The number of hydrogen-bond donors (Lipinski definition) is 1. The topological polar surface area (TPSA) is 92.3 Å². The van der Waals surface area contributed by atoms with Gasteiger partial charge in [-0.1, -0.05) is 35.9 Å². The molecule has 0 saturated carbocycles. The summed E-state index contributed by atoms with van der Waals surface area (Å²) in [4.78, 5) is 12.8. The third kappa shape index (κ3) is 4.38. The molecule has 158 valence electrons. The van der Waals surface area contributed by atoms with Gasteiger partial charge in [-0.05, 0) is 43.9 Å². The molecule has 1 N–H and O–H groups in total. The second kappa shape index (κ2) is 8.79. The van der Waals surface area contributed by atoms with Crippen LogP contribution in [0.15, 0.2) is 47.4 Å². The number of carbonyl (C=O) groups excluding carboxylic acids is 1. The minimum absolute atomic E-state index is 0.0875. The van der Waals surface area contributed by atoms with Gasteiger partial charge in [-0.25, -0.2) is 8.42 Å². The van der Waals surface area contributed by atoms with Gasteiger partial charge in [0.05, 0.1) is 17.6 Å². The molecule has 30 heavy (non-hydrogen) atoms. The number of nitrogens with one attached hydrogen (secondary N) is 1. The summed E-state index contributed by atoms with van der Waals surface area (Å²) in [6, 6.07) is 13.2. The molecule has 1 aliphatic heterocycles. The highest BCUT2D eigenvalue weighted by molar-refractivity contribution is 7.89. The van der Waals surface area contributed by atoms with Crippen LogP contribution in [0, 0.1) is 12.8 Å². The SMILES string of the molecule is Cc1ccc(CCNC(=O)[C@@H]2CCCN(S(=O)(=O)c3cccc4nsnc34)C2)cc1. The smallest absolute Gasteiger partial charge is 0.245 e. The number of benzene rings is 2. The first-order chi connectivity index (χ1) is 14.4. The van der Waals surface area contributed by atoms with Gasteiger partial charge in [-0.2, -0.15) is 13.1 Å². The quantitative estimate of drug-likeness (QED) is 0.631. The molecule has 1 atom stereocenters. The maximum atomic E-state index is 13.2. The Kier molecular flexibility index (Phi) is 6.12. The van der Waals surface area contributed by atoms with Crippen molar-refractivity contribution >= 4 is 38.7 Å². The predicted molar refractivity (Wildman–Crippen MR) is 117 cm³/mol. The second-order valence-corrected chi connectivity index (χ2v) is 10.1. The van der Waals surface area contributed by atoms with E-state index >= 15 is 0 Å². The van der Waals surface area contributed by atoms with E-state index in [4.69, 9.17) is 0 Å². The first kappa shape index (κ1) is 20.9. The van der Waals surface area contributed by atoms with E-state index in [1.54, 1.807) is 18.2 Å². The van der Waals surface area contributed by atoms with Gasteiger partial charge < -0.3 is 5.32 Å². The van der Waals surface area contributed by atoms with Crippen molar-refractivity contribution in [1.82, 2.24) is 18.4 Å². The molecular weight excluding hydrogens is 420 g/mol. The summed E-state index contributed by atoms with van der Waals surface area (Å²) in [5.41, 5.74) is 3.34. The van der Waals surface area contributed by atoms with Crippen LogP contribution in [0.2, 0.25) is 0 Å². The van der Waals surface area contributed by atoms with Crippen LogP contribution in [0.3, 0.4) is 0 Å². The maximum Gasteiger partial charge on any atom is 0.245 e. The molecule has 3 aromatic rings. The number of nitrogens with zero attached hydrogens (tertiary/aromatic N) is 3. The van der Waals surface area contributed by atoms with Crippen LogP contribution in [0.1, 0.15) is 24.0 Å². The van der Waals surface area contributed by atoms with Crippen molar-refractivity contribution < 1.29 is 13.2 Å². The lowest BCUT2D eigenvalue weighted by molar-refractivity contribution is -0.126. The van der Waals surface area contributed by atoms with Gasteiger partial charge in [0, 0.05) is 19.6 Å². The van der Waals surface area contributed by atoms with Crippen molar-refractivity contribution in [3.63, 3.8) is 0 Å². The Bertz CT molecular complexity index is 1140. The lowest BCUT2D eigenvalue weighted by Gasteiger charge is -2.31. The van der Waals surface area contributed by atoms with Crippen LogP contribution in [0.4, 0.5) is 0 Å². The Morgan fingerprint density at radius 1 is 1.20 bits per heavy atom. The van der Waals surface area contributed by atoms with E-state index in [0.29, 0.717) is 37.0 Å². The van der Waals surface area contributed by atoms with Crippen LogP contribution in [-0.4, -0.2) is 47.0 Å². The highest BCUT2D eigenvalue weighted by Gasteiger charge is 2.34. The number of rotatable bonds is 6. The third-order valence-electron chi connectivity index (χ3n) is 5.46. The van der Waals surface area contributed by atoms with E-state index in [-0.39, 0.29) is 23.3 Å². The monoisotopic (exact) mass is 444 g/mol. The molecule has 4 rings (SSSR count). The molecule has 0 spiro atoms. The van der Waals surface area contributed by atoms with Gasteiger partial charge in [0.15, 0.2) is 0 Å². The summed E-state index contributed by atoms with van der Waals surface area (Å²) in [7, 11) is -3.74. The van der Waals surface area contributed by atoms with Crippen LogP contribution in [-0.2, 0) is 21.2 Å². The van der Waals surface area contributed by atoms with Crippen LogP contribution >= 0.6 is 11.7 Å². The number of fused-ring (bicyclic) bond motifs is 1. The number of amides is 1. The molecule has 0 radical (unpaired) electrons. The lowest BCUT2D eigenvalue weighted by Crippen LogP contribution is -2.45. The molecule has 2 heterocycles. The van der Waals surface area contributed by atoms with Gasteiger partial charge in [-0.3, -0.25) is 4.79 Å². The summed E-state index contributed by atoms with van der Waals surface area (Å²) in [5, 5.41) is 2.97. The molecule has 1 fully saturated rings. The van der Waals surface area contributed by atoms with Gasteiger partial charge in [-0.15, -0.1) is 0 Å². The minimum Gasteiger partial charge on any atom is -0.355 e. The Morgan fingerprint density at radius 2 is 2.00 bits per heavy atom. The Balaban J connectivity index is 1.40. The summed E-state index contributed by atoms with van der Waals surface area (Å²) < 4.78 is 36.1. The number of carbonyl (C=O) groups is 1. The average Bonchev–Trinajstić information content (AvgIpc) is 3.24. The fourth-order valence-corrected chi connectivity index (χ4v) is 6.01. The Morgan fingerprint density at radius 3 is 2.80 bits per heavy atom. The third-order valence-corrected chi connectivity index (χ3v) is 7.89. The number of aryl methyl sites for hydroxylation is 1. The van der Waals surface area contributed by atoms with Crippen molar-refractivity contribution in [1.29, 1.82) is 0 Å². The highest BCUT2D eigenvalue weighted by atomic mass is 32.2. The molecule has 0 bridgehead atoms. The van der Waals surface area contributed by atoms with Crippen LogP contribution < -0.4 is 5.32 Å². The largest absolute Gasteiger partial charge is 0.355 e. The number of sulfonamides is 1.